The fourth-order valence-corrected chi connectivity index (χ4v) is 4.20. The molecule has 0 N–H and O–H groups in total. The first-order chi connectivity index (χ1) is 6.49. The molecule has 2 saturated heterocycles. The lowest BCUT2D eigenvalue weighted by Crippen LogP contribution is -2.35. The minimum atomic E-state index is 0.541. The van der Waals surface area contributed by atoms with Gasteiger partial charge in [-0.3, -0.25) is 0 Å². The van der Waals surface area contributed by atoms with Gasteiger partial charge in [0.2, 0.25) is 0 Å². The van der Waals surface area contributed by atoms with Crippen molar-refractivity contribution in [3.8, 4) is 0 Å². The molecule has 0 spiro atoms. The Morgan fingerprint density at radius 3 is 2.21 bits per heavy atom. The molecule has 0 aromatic heterocycles. The maximum atomic E-state index is 2.42. The van der Waals surface area contributed by atoms with Crippen LogP contribution in [0, 0.1) is 5.41 Å². The lowest BCUT2D eigenvalue weighted by atomic mass is 9.34. The van der Waals surface area contributed by atoms with E-state index >= 15 is 0 Å². The van der Waals surface area contributed by atoms with E-state index in [0.717, 1.165) is 11.1 Å². The molecule has 2 heterocycles. The molecule has 2 bridgehead atoms. The average Bonchev–Trinajstić information content (AvgIpc) is 1.99. The van der Waals surface area contributed by atoms with Gasteiger partial charge in [0.15, 0.2) is 0 Å². The van der Waals surface area contributed by atoms with Crippen LogP contribution in [0.25, 0.3) is 0 Å². The van der Waals surface area contributed by atoms with E-state index in [9.17, 15) is 0 Å². The molecule has 0 nitrogen and oxygen atoms in total. The maximum Gasteiger partial charge on any atom is 0.131 e. The van der Waals surface area contributed by atoms with Crippen molar-refractivity contribution < 1.29 is 0 Å². The molecule has 0 aromatic rings. The topological polar surface area (TPSA) is 0 Å². The number of hydrogen-bond acceptors (Lipinski definition) is 0. The molecule has 2 rings (SSSR count). The third-order valence-electron chi connectivity index (χ3n) is 4.27. The van der Waals surface area contributed by atoms with Crippen LogP contribution >= 0.6 is 0 Å². The zero-order valence-electron chi connectivity index (χ0n) is 10.2. The molecular weight excluding hydrogens is 167 g/mol. The fourth-order valence-electron chi connectivity index (χ4n) is 4.20. The molecule has 0 radical (unpaired) electrons. The molecule has 2 aliphatic heterocycles. The van der Waals surface area contributed by atoms with E-state index in [4.69, 9.17) is 0 Å². The van der Waals surface area contributed by atoms with Crippen molar-refractivity contribution in [3.05, 3.63) is 0 Å². The monoisotopic (exact) mass is 192 g/mol. The van der Waals surface area contributed by atoms with Gasteiger partial charge in [0.1, 0.15) is 7.28 Å². The van der Waals surface area contributed by atoms with Crippen LogP contribution in [-0.2, 0) is 0 Å². The molecule has 0 unspecified atom stereocenters. The zero-order valence-corrected chi connectivity index (χ0v) is 10.2. The highest BCUT2D eigenvalue weighted by molar-refractivity contribution is 6.42. The summed E-state index contributed by atoms with van der Waals surface area (Å²) in [6, 6.07) is 0. The van der Waals surface area contributed by atoms with Gasteiger partial charge in [-0.25, -0.2) is 0 Å². The van der Waals surface area contributed by atoms with Crippen molar-refractivity contribution in [1.29, 1.82) is 0 Å². The Hall–Kier alpha value is 0.0649. The standard InChI is InChI=1S/C13H25B/c1-12(2,3)10-13-8-4-6-11(14-13)7-5-9-13/h11,14H,4-10H2,1-3H3. The van der Waals surface area contributed by atoms with Crippen LogP contribution in [0.2, 0.25) is 11.1 Å². The quantitative estimate of drug-likeness (QED) is 0.547. The van der Waals surface area contributed by atoms with E-state index in [1.54, 1.807) is 7.28 Å². The molecule has 0 aromatic carbocycles. The first-order valence-corrected chi connectivity index (χ1v) is 6.49. The van der Waals surface area contributed by atoms with Crippen LogP contribution in [0.4, 0.5) is 0 Å². The average molecular weight is 192 g/mol. The van der Waals surface area contributed by atoms with Crippen LogP contribution in [0.15, 0.2) is 0 Å². The molecule has 2 fully saturated rings. The minimum Gasteiger partial charge on any atom is -0.0651 e. The van der Waals surface area contributed by atoms with Crippen molar-refractivity contribution >= 4 is 7.28 Å². The second-order valence-electron chi connectivity index (χ2n) is 7.09. The molecule has 0 amide bonds. The van der Waals surface area contributed by atoms with E-state index in [1.165, 1.54) is 44.9 Å². The molecule has 0 aliphatic carbocycles. The molecule has 80 valence electrons. The summed E-state index contributed by atoms with van der Waals surface area (Å²) in [6.07, 6.45) is 10.6. The summed E-state index contributed by atoms with van der Waals surface area (Å²) in [5.41, 5.74) is 0.541. The van der Waals surface area contributed by atoms with Gasteiger partial charge in [-0.15, -0.1) is 0 Å². The summed E-state index contributed by atoms with van der Waals surface area (Å²) in [4.78, 5) is 0. The Morgan fingerprint density at radius 1 is 1.14 bits per heavy atom. The van der Waals surface area contributed by atoms with E-state index in [-0.39, 0.29) is 0 Å². The lowest BCUT2D eigenvalue weighted by molar-refractivity contribution is 0.243. The molecule has 1 heteroatoms. The van der Waals surface area contributed by atoms with Gasteiger partial charge in [-0.2, -0.15) is 0 Å². The first-order valence-electron chi connectivity index (χ1n) is 6.49. The van der Waals surface area contributed by atoms with E-state index in [0.29, 0.717) is 5.41 Å². The fraction of sp³-hybridized carbons (Fsp3) is 1.00. The van der Waals surface area contributed by atoms with Crippen LogP contribution in [0.1, 0.15) is 65.7 Å². The third kappa shape index (κ3) is 2.35. The van der Waals surface area contributed by atoms with Crippen molar-refractivity contribution in [2.75, 3.05) is 0 Å². The molecule has 14 heavy (non-hydrogen) atoms. The Kier molecular flexibility index (Phi) is 2.70. The highest BCUT2D eigenvalue weighted by Crippen LogP contribution is 2.56. The maximum absolute atomic E-state index is 2.42. The van der Waals surface area contributed by atoms with Gasteiger partial charge >= 0.3 is 0 Å². The Balaban J connectivity index is 2.05. The summed E-state index contributed by atoms with van der Waals surface area (Å²) in [7, 11) is 1.56. The number of fused-ring (bicyclic) bond motifs is 2. The summed E-state index contributed by atoms with van der Waals surface area (Å²) in [5.74, 6) is 1.10. The highest BCUT2D eigenvalue weighted by atomic mass is 14.4. The minimum absolute atomic E-state index is 0.541. The summed E-state index contributed by atoms with van der Waals surface area (Å²) >= 11 is 0. The van der Waals surface area contributed by atoms with Crippen molar-refractivity contribution in [3.63, 3.8) is 0 Å². The van der Waals surface area contributed by atoms with Crippen molar-refractivity contribution in [2.24, 2.45) is 5.41 Å². The lowest BCUT2D eigenvalue weighted by Gasteiger charge is -2.47. The zero-order chi connectivity index (χ0) is 10.2. The van der Waals surface area contributed by atoms with Gasteiger partial charge < -0.3 is 0 Å². The number of rotatable bonds is 1. The Bertz CT molecular complexity index is 192. The van der Waals surface area contributed by atoms with Crippen LogP contribution < -0.4 is 0 Å². The predicted molar refractivity (Wildman–Crippen MR) is 65.4 cm³/mol. The Labute approximate surface area is 90.1 Å². The SMILES string of the molecule is CC(C)(C)CC12BC(CCC1)CCC2. The van der Waals surface area contributed by atoms with Crippen molar-refractivity contribution in [2.45, 2.75) is 76.8 Å². The summed E-state index contributed by atoms with van der Waals surface area (Å²) < 4.78 is 0. The summed E-state index contributed by atoms with van der Waals surface area (Å²) in [6.45, 7) is 7.25. The van der Waals surface area contributed by atoms with Gasteiger partial charge in [-0.05, 0) is 11.8 Å². The van der Waals surface area contributed by atoms with Crippen LogP contribution in [-0.4, -0.2) is 7.28 Å². The normalized spacial score (nSPS) is 37.8. The van der Waals surface area contributed by atoms with Crippen LogP contribution in [0.3, 0.4) is 0 Å². The highest BCUT2D eigenvalue weighted by Gasteiger charge is 2.42. The largest absolute Gasteiger partial charge is 0.131 e. The van der Waals surface area contributed by atoms with Gasteiger partial charge in [0.05, 0.1) is 0 Å². The van der Waals surface area contributed by atoms with E-state index in [2.05, 4.69) is 20.8 Å². The van der Waals surface area contributed by atoms with Gasteiger partial charge in [0.25, 0.3) is 0 Å². The Morgan fingerprint density at radius 2 is 1.71 bits per heavy atom. The number of hydrogen-bond donors (Lipinski definition) is 0. The molecule has 0 atom stereocenters. The second kappa shape index (κ2) is 3.57. The predicted octanol–water partition coefficient (Wildman–Crippen LogP) is 4.17. The smallest absolute Gasteiger partial charge is 0.0651 e. The van der Waals surface area contributed by atoms with Crippen molar-refractivity contribution in [1.82, 2.24) is 0 Å². The van der Waals surface area contributed by atoms with Gasteiger partial charge in [0, 0.05) is 0 Å². The molecular formula is C13H25B. The van der Waals surface area contributed by atoms with E-state index < -0.39 is 0 Å². The molecule has 0 saturated carbocycles. The second-order valence-corrected chi connectivity index (χ2v) is 7.09. The first kappa shape index (κ1) is 10.6. The van der Waals surface area contributed by atoms with Crippen LogP contribution in [0.5, 0.6) is 0 Å². The van der Waals surface area contributed by atoms with E-state index in [1.807, 2.05) is 0 Å². The summed E-state index contributed by atoms with van der Waals surface area (Å²) in [5, 5.41) is 0.763. The van der Waals surface area contributed by atoms with Gasteiger partial charge in [-0.1, -0.05) is 70.4 Å². The molecule has 2 aliphatic rings. The third-order valence-corrected chi connectivity index (χ3v) is 4.27.